The quantitative estimate of drug-likeness (QED) is 0.224. The Morgan fingerprint density at radius 1 is 0.972 bits per heavy atom. The molecule has 1 aromatic heterocycles. The monoisotopic (exact) mass is 510 g/mol. The van der Waals surface area contributed by atoms with Crippen LogP contribution in [0.2, 0.25) is 5.15 Å². The second-order valence-corrected chi connectivity index (χ2v) is 8.74. The van der Waals surface area contributed by atoms with Crippen molar-refractivity contribution in [3.63, 3.8) is 0 Å². The lowest BCUT2D eigenvalue weighted by Gasteiger charge is -2.32. The molecule has 1 N–H and O–H groups in total. The number of hydrogen-bond acceptors (Lipinski definition) is 6. The van der Waals surface area contributed by atoms with E-state index >= 15 is 0 Å². The number of nitrogens with zero attached hydrogens (tertiary/aromatic N) is 2. The van der Waals surface area contributed by atoms with Crippen LogP contribution in [0.25, 0.3) is 0 Å². The van der Waals surface area contributed by atoms with Crippen molar-refractivity contribution in [1.29, 1.82) is 0 Å². The number of Topliss-reactive ketones (excluding diaryl/α,β-unsaturated/α-hetero) is 1. The molecule has 1 amide bonds. The predicted octanol–water partition coefficient (Wildman–Crippen LogP) is 6.39. The summed E-state index contributed by atoms with van der Waals surface area (Å²) in [6.07, 6.45) is 5.43. The van der Waals surface area contributed by atoms with Gasteiger partial charge in [-0.2, -0.15) is 0 Å². The molecule has 0 aliphatic heterocycles. The third kappa shape index (κ3) is 6.55. The number of rotatable bonds is 12. The number of unbranched alkanes of at least 4 members (excludes halogenated alkanes) is 3. The normalized spacial score (nSPS) is 11.6. The zero-order valence-electron chi connectivity index (χ0n) is 20.7. The molecule has 3 rings (SSSR count). The minimum atomic E-state index is -0.937. The third-order valence-electron chi connectivity index (χ3n) is 5.89. The van der Waals surface area contributed by atoms with Gasteiger partial charge in [-0.3, -0.25) is 14.5 Å². The number of halogens is 1. The van der Waals surface area contributed by atoms with E-state index in [4.69, 9.17) is 21.1 Å². The first kappa shape index (κ1) is 27.0. The Balaban J connectivity index is 2.15. The number of aromatic hydroxyl groups is 1. The van der Waals surface area contributed by atoms with Gasteiger partial charge in [0.25, 0.3) is 5.91 Å². The average Bonchev–Trinajstić information content (AvgIpc) is 2.90. The Morgan fingerprint density at radius 3 is 2.31 bits per heavy atom. The highest BCUT2D eigenvalue weighted by Crippen LogP contribution is 2.37. The number of ketones is 1. The lowest BCUT2D eigenvalue weighted by molar-refractivity contribution is -0.120. The van der Waals surface area contributed by atoms with Crippen LogP contribution in [0.5, 0.6) is 17.2 Å². The largest absolute Gasteiger partial charge is 0.508 e. The van der Waals surface area contributed by atoms with Crippen molar-refractivity contribution in [2.45, 2.75) is 45.1 Å². The molecule has 1 unspecified atom stereocenters. The second kappa shape index (κ2) is 12.9. The van der Waals surface area contributed by atoms with Crippen molar-refractivity contribution in [2.75, 3.05) is 19.1 Å². The molecule has 3 aromatic rings. The number of aromatic nitrogens is 1. The summed E-state index contributed by atoms with van der Waals surface area (Å²) < 4.78 is 10.8. The van der Waals surface area contributed by atoms with Crippen LogP contribution in [0.15, 0.2) is 60.8 Å². The number of phenols is 1. The van der Waals surface area contributed by atoms with Gasteiger partial charge in [0, 0.05) is 24.4 Å². The zero-order valence-corrected chi connectivity index (χ0v) is 21.5. The Bertz CT molecular complexity index is 1170. The lowest BCUT2D eigenvalue weighted by Crippen LogP contribution is -2.39. The average molecular weight is 511 g/mol. The Hall–Kier alpha value is -3.58. The molecule has 0 fully saturated rings. The zero-order chi connectivity index (χ0) is 26.1. The number of anilines is 1. The molecule has 2 aromatic carbocycles. The van der Waals surface area contributed by atoms with E-state index in [1.807, 2.05) is 0 Å². The van der Waals surface area contributed by atoms with Crippen molar-refractivity contribution in [3.05, 3.63) is 77.1 Å². The number of phenolic OH excluding ortho intramolecular Hbond substituents is 1. The third-order valence-corrected chi connectivity index (χ3v) is 6.11. The number of hydrogen-bond donors (Lipinski definition) is 1. The van der Waals surface area contributed by atoms with Gasteiger partial charge in [0.05, 0.1) is 19.8 Å². The summed E-state index contributed by atoms with van der Waals surface area (Å²) in [5.74, 6) is 0.447. The maximum atomic E-state index is 13.9. The Labute approximate surface area is 216 Å². The first-order valence-corrected chi connectivity index (χ1v) is 12.3. The van der Waals surface area contributed by atoms with E-state index in [1.54, 1.807) is 36.4 Å². The molecule has 1 heterocycles. The van der Waals surface area contributed by atoms with Crippen LogP contribution in [-0.2, 0) is 4.79 Å². The van der Waals surface area contributed by atoms with Gasteiger partial charge in [0.1, 0.15) is 16.9 Å². The van der Waals surface area contributed by atoms with Crippen LogP contribution < -0.4 is 14.4 Å². The van der Waals surface area contributed by atoms with E-state index in [-0.39, 0.29) is 22.2 Å². The minimum absolute atomic E-state index is 0.0683. The maximum absolute atomic E-state index is 13.9. The van der Waals surface area contributed by atoms with E-state index in [2.05, 4.69) is 11.9 Å². The fourth-order valence-electron chi connectivity index (χ4n) is 4.00. The number of pyridine rings is 1. The van der Waals surface area contributed by atoms with Crippen molar-refractivity contribution in [3.8, 4) is 17.2 Å². The molecular formula is C28H31ClN2O5. The summed E-state index contributed by atoms with van der Waals surface area (Å²) in [5, 5.41) is 10.1. The summed E-state index contributed by atoms with van der Waals surface area (Å²) in [6.45, 7) is 2.11. The Kier molecular flexibility index (Phi) is 9.70. The fraction of sp³-hybridized carbons (Fsp3) is 0.321. The summed E-state index contributed by atoms with van der Waals surface area (Å²) in [7, 11) is 3.03. The van der Waals surface area contributed by atoms with E-state index in [9.17, 15) is 14.7 Å². The van der Waals surface area contributed by atoms with Crippen LogP contribution >= 0.6 is 11.6 Å². The molecule has 0 spiro atoms. The molecular weight excluding hydrogens is 480 g/mol. The first-order valence-electron chi connectivity index (χ1n) is 11.9. The highest BCUT2D eigenvalue weighted by molar-refractivity contribution is 6.29. The molecule has 0 radical (unpaired) electrons. The van der Waals surface area contributed by atoms with Crippen LogP contribution in [0, 0.1) is 0 Å². The first-order chi connectivity index (χ1) is 17.4. The number of carbonyl (C=O) groups excluding carboxylic acids is 2. The van der Waals surface area contributed by atoms with Crippen LogP contribution in [0.3, 0.4) is 0 Å². The minimum Gasteiger partial charge on any atom is -0.508 e. The van der Waals surface area contributed by atoms with Gasteiger partial charge in [-0.1, -0.05) is 49.9 Å². The molecule has 0 aliphatic carbocycles. The van der Waals surface area contributed by atoms with Gasteiger partial charge in [-0.05, 0) is 48.4 Å². The molecule has 1 atom stereocenters. The fourth-order valence-corrected chi connectivity index (χ4v) is 4.11. The Morgan fingerprint density at radius 2 is 1.69 bits per heavy atom. The topological polar surface area (TPSA) is 89.0 Å². The molecule has 0 saturated carbocycles. The second-order valence-electron chi connectivity index (χ2n) is 8.36. The number of amides is 1. The van der Waals surface area contributed by atoms with E-state index in [0.717, 1.165) is 25.7 Å². The molecule has 8 heteroatoms. The van der Waals surface area contributed by atoms with Crippen LogP contribution in [0.4, 0.5) is 5.69 Å². The van der Waals surface area contributed by atoms with Crippen molar-refractivity contribution >= 4 is 29.0 Å². The number of ether oxygens (including phenoxy) is 2. The number of carbonyl (C=O) groups is 2. The van der Waals surface area contributed by atoms with Crippen LogP contribution in [-0.4, -0.2) is 36.0 Å². The molecule has 0 aliphatic rings. The van der Waals surface area contributed by atoms with E-state index in [0.29, 0.717) is 29.2 Å². The predicted molar refractivity (Wildman–Crippen MR) is 140 cm³/mol. The summed E-state index contributed by atoms with van der Waals surface area (Å²) in [6, 6.07) is 13.6. The highest BCUT2D eigenvalue weighted by atomic mass is 35.5. The summed E-state index contributed by atoms with van der Waals surface area (Å²) in [4.78, 5) is 33.2. The number of methoxy groups -OCH3 is 2. The maximum Gasteiger partial charge on any atom is 0.260 e. The van der Waals surface area contributed by atoms with Crippen LogP contribution in [0.1, 0.15) is 61.0 Å². The van der Waals surface area contributed by atoms with Gasteiger partial charge >= 0.3 is 0 Å². The lowest BCUT2D eigenvalue weighted by atomic mass is 9.95. The standard InChI is InChI=1S/C28H31ClN2O5/c1-4-5-6-7-8-23(33)27(19-9-13-22(32)14-10-19)31(28(34)20-11-16-26(29)30-18-20)21-12-15-24(35-2)25(17-21)36-3/h9-18,27,32H,4-8H2,1-3H3. The molecule has 0 bridgehead atoms. The molecule has 190 valence electrons. The molecule has 36 heavy (non-hydrogen) atoms. The van der Waals surface area contributed by atoms with Crippen molar-refractivity contribution < 1.29 is 24.2 Å². The van der Waals surface area contributed by atoms with Gasteiger partial charge in [-0.25, -0.2) is 4.98 Å². The number of benzene rings is 2. The van der Waals surface area contributed by atoms with Crippen molar-refractivity contribution in [1.82, 2.24) is 4.98 Å². The van der Waals surface area contributed by atoms with E-state index < -0.39 is 11.9 Å². The smallest absolute Gasteiger partial charge is 0.260 e. The highest BCUT2D eigenvalue weighted by Gasteiger charge is 2.33. The SMILES string of the molecule is CCCCCCC(=O)C(c1ccc(O)cc1)N(C(=O)c1ccc(Cl)nc1)c1ccc(OC)c(OC)c1. The summed E-state index contributed by atoms with van der Waals surface area (Å²) in [5.41, 5.74) is 1.31. The van der Waals surface area contributed by atoms with E-state index in [1.165, 1.54) is 43.5 Å². The molecule has 0 saturated heterocycles. The van der Waals surface area contributed by atoms with Gasteiger partial charge in [0.15, 0.2) is 17.3 Å². The van der Waals surface area contributed by atoms with Gasteiger partial charge in [-0.15, -0.1) is 0 Å². The molecule has 7 nitrogen and oxygen atoms in total. The van der Waals surface area contributed by atoms with Gasteiger partial charge < -0.3 is 14.6 Å². The van der Waals surface area contributed by atoms with Crippen molar-refractivity contribution in [2.24, 2.45) is 0 Å². The summed E-state index contributed by atoms with van der Waals surface area (Å²) >= 11 is 5.95. The van der Waals surface area contributed by atoms with Gasteiger partial charge in [0.2, 0.25) is 0 Å².